The highest BCUT2D eigenvalue weighted by Crippen LogP contribution is 2.22. The lowest BCUT2D eigenvalue weighted by atomic mass is 9.95. The highest BCUT2D eigenvalue weighted by Gasteiger charge is 2.23. The average Bonchev–Trinajstić information content (AvgIpc) is 2.72. The van der Waals surface area contributed by atoms with E-state index in [2.05, 4.69) is 41.5 Å². The third kappa shape index (κ3) is 1.39. The molecular weight excluding hydrogens is 176 g/mol. The molecule has 4 nitrogen and oxygen atoms in total. The number of tetrazole rings is 1. The first-order chi connectivity index (χ1) is 6.71. The molecule has 0 spiro atoms. The lowest BCUT2D eigenvalue weighted by molar-refractivity contribution is 0.380. The van der Waals surface area contributed by atoms with Gasteiger partial charge in [0.25, 0.3) is 0 Å². The first kappa shape index (κ1) is 8.87. The van der Waals surface area contributed by atoms with Crippen LogP contribution in [0.15, 0.2) is 36.7 Å². The summed E-state index contributed by atoms with van der Waals surface area (Å²) < 4.78 is 1.75. The average molecular weight is 188 g/mol. The van der Waals surface area contributed by atoms with Crippen molar-refractivity contribution in [3.63, 3.8) is 0 Å². The predicted octanol–water partition coefficient (Wildman–Crippen LogP) is 1.46. The predicted molar refractivity (Wildman–Crippen MR) is 52.7 cm³/mol. The van der Waals surface area contributed by atoms with Crippen LogP contribution >= 0.6 is 0 Å². The second-order valence-corrected chi connectivity index (χ2v) is 3.68. The lowest BCUT2D eigenvalue weighted by Gasteiger charge is -2.24. The molecule has 0 radical (unpaired) electrons. The molecule has 0 saturated carbocycles. The minimum absolute atomic E-state index is 0.204. The summed E-state index contributed by atoms with van der Waals surface area (Å²) in [6, 6.07) is 10.2. The van der Waals surface area contributed by atoms with E-state index in [0.29, 0.717) is 0 Å². The quantitative estimate of drug-likeness (QED) is 0.716. The van der Waals surface area contributed by atoms with Crippen LogP contribution < -0.4 is 0 Å². The fraction of sp³-hybridized carbons (Fsp3) is 0.300. The first-order valence-electron chi connectivity index (χ1n) is 4.50. The van der Waals surface area contributed by atoms with Gasteiger partial charge in [-0.05, 0) is 29.8 Å². The maximum atomic E-state index is 3.92. The number of hydrogen-bond acceptors (Lipinski definition) is 3. The summed E-state index contributed by atoms with van der Waals surface area (Å²) in [6.45, 7) is 4.16. The molecule has 72 valence electrons. The topological polar surface area (TPSA) is 43.6 Å². The van der Waals surface area contributed by atoms with Gasteiger partial charge in [0.2, 0.25) is 0 Å². The molecule has 0 bridgehead atoms. The summed E-state index contributed by atoms with van der Waals surface area (Å²) in [5.74, 6) is 0. The second-order valence-electron chi connectivity index (χ2n) is 3.68. The Morgan fingerprint density at radius 1 is 1.14 bits per heavy atom. The third-order valence-corrected chi connectivity index (χ3v) is 2.40. The van der Waals surface area contributed by atoms with Gasteiger partial charge in [0.1, 0.15) is 6.33 Å². The van der Waals surface area contributed by atoms with Crippen molar-refractivity contribution in [3.05, 3.63) is 42.2 Å². The standard InChI is InChI=1S/C10H12N4/c1-10(2,14-8-11-12-13-14)9-6-4-3-5-7-9/h3-8H,1-2H3. The normalized spacial score (nSPS) is 11.6. The van der Waals surface area contributed by atoms with E-state index >= 15 is 0 Å². The number of rotatable bonds is 2. The number of aromatic nitrogens is 4. The van der Waals surface area contributed by atoms with Gasteiger partial charge < -0.3 is 0 Å². The zero-order chi connectivity index (χ0) is 10.0. The molecule has 0 N–H and O–H groups in total. The van der Waals surface area contributed by atoms with Gasteiger partial charge in [-0.2, -0.15) is 0 Å². The van der Waals surface area contributed by atoms with Crippen LogP contribution in [0, 0.1) is 0 Å². The van der Waals surface area contributed by atoms with Gasteiger partial charge in [-0.1, -0.05) is 30.3 Å². The molecule has 1 aromatic carbocycles. The molecule has 0 aliphatic rings. The van der Waals surface area contributed by atoms with Gasteiger partial charge in [-0.25, -0.2) is 4.68 Å². The number of nitrogens with zero attached hydrogens (tertiary/aromatic N) is 4. The van der Waals surface area contributed by atoms with Crippen molar-refractivity contribution in [2.45, 2.75) is 19.4 Å². The van der Waals surface area contributed by atoms with Crippen molar-refractivity contribution in [3.8, 4) is 0 Å². The van der Waals surface area contributed by atoms with Gasteiger partial charge in [-0.15, -0.1) is 5.10 Å². The Morgan fingerprint density at radius 2 is 1.86 bits per heavy atom. The molecule has 0 saturated heterocycles. The van der Waals surface area contributed by atoms with E-state index in [1.54, 1.807) is 11.0 Å². The molecule has 4 heteroatoms. The summed E-state index contributed by atoms with van der Waals surface area (Å²) in [7, 11) is 0. The van der Waals surface area contributed by atoms with Crippen LogP contribution in [0.2, 0.25) is 0 Å². The van der Waals surface area contributed by atoms with Crippen LogP contribution in [0.25, 0.3) is 0 Å². The minimum Gasteiger partial charge on any atom is -0.223 e. The van der Waals surface area contributed by atoms with E-state index in [1.807, 2.05) is 18.2 Å². The zero-order valence-corrected chi connectivity index (χ0v) is 8.25. The molecule has 2 aromatic rings. The molecule has 0 amide bonds. The van der Waals surface area contributed by atoms with Crippen LogP contribution in [-0.4, -0.2) is 20.2 Å². The maximum absolute atomic E-state index is 3.92. The van der Waals surface area contributed by atoms with Crippen LogP contribution in [-0.2, 0) is 5.54 Å². The van der Waals surface area contributed by atoms with Crippen LogP contribution in [0.5, 0.6) is 0 Å². The van der Waals surface area contributed by atoms with Gasteiger partial charge in [0, 0.05) is 0 Å². The first-order valence-corrected chi connectivity index (χ1v) is 4.50. The molecule has 1 aromatic heterocycles. The Hall–Kier alpha value is -1.71. The van der Waals surface area contributed by atoms with E-state index in [-0.39, 0.29) is 5.54 Å². The van der Waals surface area contributed by atoms with E-state index in [0.717, 1.165) is 0 Å². The summed E-state index contributed by atoms with van der Waals surface area (Å²) in [5, 5.41) is 11.2. The van der Waals surface area contributed by atoms with Crippen molar-refractivity contribution in [1.29, 1.82) is 0 Å². The Balaban J connectivity index is 2.43. The van der Waals surface area contributed by atoms with Crippen molar-refractivity contribution in [2.24, 2.45) is 0 Å². The largest absolute Gasteiger partial charge is 0.223 e. The smallest absolute Gasteiger partial charge is 0.139 e. The highest BCUT2D eigenvalue weighted by molar-refractivity contribution is 5.22. The van der Waals surface area contributed by atoms with Gasteiger partial charge in [0.15, 0.2) is 0 Å². The van der Waals surface area contributed by atoms with Crippen molar-refractivity contribution >= 4 is 0 Å². The Morgan fingerprint density at radius 3 is 2.43 bits per heavy atom. The van der Waals surface area contributed by atoms with Gasteiger partial charge in [0.05, 0.1) is 5.54 Å². The second kappa shape index (κ2) is 3.21. The Bertz CT molecular complexity index is 391. The molecule has 1 heterocycles. The summed E-state index contributed by atoms with van der Waals surface area (Å²) in [4.78, 5) is 0. The van der Waals surface area contributed by atoms with E-state index < -0.39 is 0 Å². The van der Waals surface area contributed by atoms with Crippen molar-refractivity contribution < 1.29 is 0 Å². The molecule has 2 rings (SSSR count). The number of hydrogen-bond donors (Lipinski definition) is 0. The van der Waals surface area contributed by atoms with Crippen LogP contribution in [0.4, 0.5) is 0 Å². The molecular formula is C10H12N4. The molecule has 0 aliphatic carbocycles. The summed E-state index contributed by atoms with van der Waals surface area (Å²) in [6.07, 6.45) is 1.63. The van der Waals surface area contributed by atoms with Crippen molar-refractivity contribution in [1.82, 2.24) is 20.2 Å². The van der Waals surface area contributed by atoms with Crippen LogP contribution in [0.3, 0.4) is 0 Å². The maximum Gasteiger partial charge on any atom is 0.139 e. The van der Waals surface area contributed by atoms with Gasteiger partial charge >= 0.3 is 0 Å². The Kier molecular flexibility index (Phi) is 2.04. The summed E-state index contributed by atoms with van der Waals surface area (Å²) >= 11 is 0. The lowest BCUT2D eigenvalue weighted by Crippen LogP contribution is -2.28. The molecule has 0 fully saturated rings. The van der Waals surface area contributed by atoms with E-state index in [4.69, 9.17) is 0 Å². The van der Waals surface area contributed by atoms with E-state index in [1.165, 1.54) is 5.56 Å². The highest BCUT2D eigenvalue weighted by atomic mass is 15.5. The van der Waals surface area contributed by atoms with Gasteiger partial charge in [-0.3, -0.25) is 0 Å². The number of benzene rings is 1. The Labute approximate surface area is 82.6 Å². The fourth-order valence-corrected chi connectivity index (χ4v) is 1.40. The van der Waals surface area contributed by atoms with Crippen LogP contribution in [0.1, 0.15) is 19.4 Å². The minimum atomic E-state index is -0.204. The fourth-order valence-electron chi connectivity index (χ4n) is 1.40. The van der Waals surface area contributed by atoms with Crippen molar-refractivity contribution in [2.75, 3.05) is 0 Å². The molecule has 0 unspecified atom stereocenters. The van der Waals surface area contributed by atoms with E-state index in [9.17, 15) is 0 Å². The molecule has 0 atom stereocenters. The zero-order valence-electron chi connectivity index (χ0n) is 8.25. The molecule has 0 aliphatic heterocycles. The monoisotopic (exact) mass is 188 g/mol. The summed E-state index contributed by atoms with van der Waals surface area (Å²) in [5.41, 5.74) is 0.984. The SMILES string of the molecule is CC(C)(c1ccccc1)n1cnnn1. The molecule has 14 heavy (non-hydrogen) atoms. The third-order valence-electron chi connectivity index (χ3n) is 2.40.